The fourth-order valence-electron chi connectivity index (χ4n) is 3.35. The number of hydrogen-bond acceptors (Lipinski definition) is 5. The zero-order valence-corrected chi connectivity index (χ0v) is 16.9. The molecule has 0 bridgehead atoms. The number of aromatic nitrogens is 1. The van der Waals surface area contributed by atoms with E-state index in [9.17, 15) is 4.79 Å². The van der Waals surface area contributed by atoms with Crippen LogP contribution in [0.4, 0.5) is 10.5 Å². The van der Waals surface area contributed by atoms with Gasteiger partial charge in [-0.1, -0.05) is 18.2 Å². The van der Waals surface area contributed by atoms with Crippen LogP contribution in [0.1, 0.15) is 11.3 Å². The van der Waals surface area contributed by atoms with Gasteiger partial charge in [0.15, 0.2) is 0 Å². The molecule has 1 aliphatic rings. The number of ether oxygens (including phenoxy) is 1. The molecule has 2 aromatic rings. The molecule has 2 amide bonds. The predicted molar refractivity (Wildman–Crippen MR) is 110 cm³/mol. The molecular weight excluding hydrogens is 354 g/mol. The fourth-order valence-corrected chi connectivity index (χ4v) is 3.35. The number of piperazine rings is 1. The monoisotopic (exact) mass is 383 g/mol. The van der Waals surface area contributed by atoms with Gasteiger partial charge in [0.25, 0.3) is 0 Å². The van der Waals surface area contributed by atoms with Crippen molar-refractivity contribution in [2.45, 2.75) is 13.1 Å². The van der Waals surface area contributed by atoms with Crippen LogP contribution in [-0.4, -0.2) is 73.1 Å². The van der Waals surface area contributed by atoms with E-state index in [4.69, 9.17) is 4.74 Å². The molecule has 0 radical (unpaired) electrons. The van der Waals surface area contributed by atoms with E-state index >= 15 is 0 Å². The number of urea groups is 1. The third kappa shape index (κ3) is 5.43. The zero-order valence-electron chi connectivity index (χ0n) is 16.9. The molecule has 2 heterocycles. The van der Waals surface area contributed by atoms with Crippen molar-refractivity contribution in [2.75, 3.05) is 52.7 Å². The van der Waals surface area contributed by atoms with Crippen molar-refractivity contribution in [3.63, 3.8) is 0 Å². The molecule has 1 aromatic carbocycles. The van der Waals surface area contributed by atoms with E-state index in [-0.39, 0.29) is 6.03 Å². The molecule has 1 aromatic heterocycles. The van der Waals surface area contributed by atoms with E-state index < -0.39 is 0 Å². The topological polar surface area (TPSA) is 60.9 Å². The molecule has 28 heavy (non-hydrogen) atoms. The first-order chi connectivity index (χ1) is 13.5. The van der Waals surface area contributed by atoms with Crippen LogP contribution in [0.25, 0.3) is 0 Å². The summed E-state index contributed by atoms with van der Waals surface area (Å²) in [5.41, 5.74) is 2.89. The van der Waals surface area contributed by atoms with Crippen LogP contribution in [0.15, 0.2) is 42.6 Å². The lowest BCUT2D eigenvalue weighted by atomic mass is 10.1. The van der Waals surface area contributed by atoms with Gasteiger partial charge in [0, 0.05) is 56.7 Å². The molecule has 0 atom stereocenters. The predicted octanol–water partition coefficient (Wildman–Crippen LogP) is 2.50. The third-order valence-corrected chi connectivity index (χ3v) is 4.79. The lowest BCUT2D eigenvalue weighted by Crippen LogP contribution is -2.49. The molecule has 0 aliphatic carbocycles. The highest BCUT2D eigenvalue weighted by Gasteiger charge is 2.22. The minimum absolute atomic E-state index is 0.0565. The van der Waals surface area contributed by atoms with Gasteiger partial charge in [-0.3, -0.25) is 9.88 Å². The van der Waals surface area contributed by atoms with Gasteiger partial charge in [0.2, 0.25) is 0 Å². The summed E-state index contributed by atoms with van der Waals surface area (Å²) in [6.45, 7) is 4.66. The first-order valence-corrected chi connectivity index (χ1v) is 9.55. The largest absolute Gasteiger partial charge is 0.496 e. The average Bonchev–Trinajstić information content (AvgIpc) is 2.68. The summed E-state index contributed by atoms with van der Waals surface area (Å²) in [5.74, 6) is 0.911. The normalized spacial score (nSPS) is 14.9. The smallest absolute Gasteiger partial charge is 0.321 e. The number of para-hydroxylation sites is 1. The molecule has 0 unspecified atom stereocenters. The highest BCUT2D eigenvalue weighted by Crippen LogP contribution is 2.20. The maximum Gasteiger partial charge on any atom is 0.321 e. The van der Waals surface area contributed by atoms with Crippen molar-refractivity contribution in [1.82, 2.24) is 19.7 Å². The fraction of sp³-hybridized carbons (Fsp3) is 0.429. The van der Waals surface area contributed by atoms with Crippen molar-refractivity contribution in [3.8, 4) is 5.75 Å². The highest BCUT2D eigenvalue weighted by atomic mass is 16.5. The van der Waals surface area contributed by atoms with Gasteiger partial charge in [-0.25, -0.2) is 4.79 Å². The number of pyridine rings is 1. The Balaban J connectivity index is 1.51. The van der Waals surface area contributed by atoms with E-state index in [1.807, 2.05) is 49.3 Å². The molecule has 7 heteroatoms. The Labute approximate surface area is 166 Å². The van der Waals surface area contributed by atoms with Gasteiger partial charge >= 0.3 is 6.03 Å². The van der Waals surface area contributed by atoms with E-state index in [1.165, 1.54) is 5.56 Å². The maximum absolute atomic E-state index is 12.6. The summed E-state index contributed by atoms with van der Waals surface area (Å²) < 4.78 is 5.44. The SMILES string of the molecule is COc1ccccc1CN1CCN(C(=O)Nc2ccnc(CN(C)C)c2)CC1. The quantitative estimate of drug-likeness (QED) is 0.831. The maximum atomic E-state index is 12.6. The summed E-state index contributed by atoms with van der Waals surface area (Å²) in [6.07, 6.45) is 1.74. The van der Waals surface area contributed by atoms with Crippen LogP contribution in [0, 0.1) is 0 Å². The highest BCUT2D eigenvalue weighted by molar-refractivity contribution is 5.89. The van der Waals surface area contributed by atoms with Gasteiger partial charge in [0.1, 0.15) is 5.75 Å². The minimum Gasteiger partial charge on any atom is -0.496 e. The standard InChI is InChI=1S/C21H29N5O2/c1-24(2)16-19-14-18(8-9-22-19)23-21(27)26-12-10-25(11-13-26)15-17-6-4-5-7-20(17)28-3/h4-9,14H,10-13,15-16H2,1-3H3,(H,22,23,27). The molecule has 3 rings (SSSR count). The number of rotatable bonds is 6. The van der Waals surface area contributed by atoms with Crippen LogP contribution in [0.2, 0.25) is 0 Å². The van der Waals surface area contributed by atoms with Gasteiger partial charge in [-0.2, -0.15) is 0 Å². The van der Waals surface area contributed by atoms with E-state index in [0.717, 1.165) is 43.3 Å². The molecule has 1 saturated heterocycles. The van der Waals surface area contributed by atoms with Crippen LogP contribution in [0.3, 0.4) is 0 Å². The number of carbonyl (C=O) groups is 1. The summed E-state index contributed by atoms with van der Waals surface area (Å²) in [5, 5.41) is 3.00. The number of amides is 2. The Hall–Kier alpha value is -2.64. The number of benzene rings is 1. The Kier molecular flexibility index (Phi) is 6.84. The number of anilines is 1. The first-order valence-electron chi connectivity index (χ1n) is 9.55. The second-order valence-corrected chi connectivity index (χ2v) is 7.28. The number of carbonyl (C=O) groups excluding carboxylic acids is 1. The molecule has 7 nitrogen and oxygen atoms in total. The van der Waals surface area contributed by atoms with E-state index in [2.05, 4.69) is 26.2 Å². The van der Waals surface area contributed by atoms with Crippen LogP contribution in [0.5, 0.6) is 5.75 Å². The number of hydrogen-bond donors (Lipinski definition) is 1. The molecule has 0 spiro atoms. The van der Waals surface area contributed by atoms with Crippen LogP contribution < -0.4 is 10.1 Å². The van der Waals surface area contributed by atoms with Gasteiger partial charge < -0.3 is 19.9 Å². The molecule has 1 N–H and O–H groups in total. The summed E-state index contributed by atoms with van der Waals surface area (Å²) >= 11 is 0. The first kappa shape index (κ1) is 20.1. The van der Waals surface area contributed by atoms with Crippen molar-refractivity contribution >= 4 is 11.7 Å². The number of nitrogens with one attached hydrogen (secondary N) is 1. The Morgan fingerprint density at radius 1 is 1.18 bits per heavy atom. The van der Waals surface area contributed by atoms with Crippen LogP contribution >= 0.6 is 0 Å². The second-order valence-electron chi connectivity index (χ2n) is 7.28. The summed E-state index contributed by atoms with van der Waals surface area (Å²) in [4.78, 5) is 23.2. The van der Waals surface area contributed by atoms with Crippen LogP contribution in [-0.2, 0) is 13.1 Å². The van der Waals surface area contributed by atoms with Crippen molar-refractivity contribution in [3.05, 3.63) is 53.9 Å². The molecule has 1 aliphatic heterocycles. The lowest BCUT2D eigenvalue weighted by molar-refractivity contribution is 0.142. The van der Waals surface area contributed by atoms with Gasteiger partial charge in [-0.15, -0.1) is 0 Å². The van der Waals surface area contributed by atoms with Crippen molar-refractivity contribution in [2.24, 2.45) is 0 Å². The second kappa shape index (κ2) is 9.52. The average molecular weight is 383 g/mol. The van der Waals surface area contributed by atoms with Crippen molar-refractivity contribution < 1.29 is 9.53 Å². The number of nitrogens with zero attached hydrogens (tertiary/aromatic N) is 4. The van der Waals surface area contributed by atoms with Crippen molar-refractivity contribution in [1.29, 1.82) is 0 Å². The Bertz CT molecular complexity index is 788. The zero-order chi connectivity index (χ0) is 19.9. The summed E-state index contributed by atoms with van der Waals surface area (Å²) in [6, 6.07) is 11.8. The van der Waals surface area contributed by atoms with E-state index in [1.54, 1.807) is 13.3 Å². The Morgan fingerprint density at radius 2 is 1.93 bits per heavy atom. The summed E-state index contributed by atoms with van der Waals surface area (Å²) in [7, 11) is 5.69. The minimum atomic E-state index is -0.0565. The molecular formula is C21H29N5O2. The van der Waals surface area contributed by atoms with E-state index in [0.29, 0.717) is 13.1 Å². The van der Waals surface area contributed by atoms with Gasteiger partial charge in [0.05, 0.1) is 12.8 Å². The Morgan fingerprint density at radius 3 is 2.64 bits per heavy atom. The molecule has 150 valence electrons. The molecule has 0 saturated carbocycles. The lowest BCUT2D eigenvalue weighted by Gasteiger charge is -2.34. The van der Waals surface area contributed by atoms with Gasteiger partial charge in [-0.05, 0) is 32.3 Å². The number of methoxy groups -OCH3 is 1. The molecule has 1 fully saturated rings. The third-order valence-electron chi connectivity index (χ3n) is 4.79.